The predicted molar refractivity (Wildman–Crippen MR) is 55.0 cm³/mol. The first-order chi connectivity index (χ1) is 6.61. The first kappa shape index (κ1) is 9.01. The van der Waals surface area contributed by atoms with E-state index in [0.717, 1.165) is 11.5 Å². The summed E-state index contributed by atoms with van der Waals surface area (Å²) in [6.07, 6.45) is 2.37. The molecule has 1 saturated carbocycles. The number of rotatable bonds is 2. The summed E-state index contributed by atoms with van der Waals surface area (Å²) >= 11 is 0. The normalized spacial score (nSPS) is 17.2. The quantitative estimate of drug-likeness (QED) is 0.772. The van der Waals surface area contributed by atoms with E-state index >= 15 is 0 Å². The Balaban J connectivity index is 2.25. The lowest BCUT2D eigenvalue weighted by Crippen LogP contribution is -2.17. The van der Waals surface area contributed by atoms with E-state index in [1.165, 1.54) is 12.8 Å². The Kier molecular flexibility index (Phi) is 1.92. The van der Waals surface area contributed by atoms with Crippen LogP contribution in [-0.2, 0) is 0 Å². The minimum Gasteiger partial charge on any atom is -0.365 e. The van der Waals surface area contributed by atoms with Gasteiger partial charge in [0, 0.05) is 11.2 Å². The number of aryl methyl sites for hydroxylation is 1. The van der Waals surface area contributed by atoms with Crippen LogP contribution in [0.25, 0.3) is 0 Å². The lowest BCUT2D eigenvalue weighted by Gasteiger charge is -2.12. The van der Waals surface area contributed by atoms with Crippen molar-refractivity contribution in [3.63, 3.8) is 0 Å². The summed E-state index contributed by atoms with van der Waals surface area (Å²) in [5.74, 6) is 0.821. The first-order valence-electron chi connectivity index (χ1n) is 4.78. The molecule has 3 nitrogen and oxygen atoms in total. The number of pyridine rings is 1. The minimum absolute atomic E-state index is 0.216. The summed E-state index contributed by atoms with van der Waals surface area (Å²) in [6.45, 7) is 4.07. The van der Waals surface area contributed by atoms with Crippen LogP contribution >= 0.6 is 0 Å². The predicted octanol–water partition coefficient (Wildman–Crippen LogP) is 2.23. The maximum absolute atomic E-state index is 8.79. The fraction of sp³-hybridized carbons (Fsp3) is 0.455. The van der Waals surface area contributed by atoms with Gasteiger partial charge in [-0.25, -0.2) is 4.98 Å². The first-order valence-corrected chi connectivity index (χ1v) is 4.78. The summed E-state index contributed by atoms with van der Waals surface area (Å²) in [5, 5.41) is 12.1. The molecule has 1 aromatic heterocycles. The van der Waals surface area contributed by atoms with Crippen LogP contribution in [0.4, 0.5) is 5.82 Å². The van der Waals surface area contributed by atoms with Crippen molar-refractivity contribution in [3.05, 3.63) is 23.4 Å². The second-order valence-corrected chi connectivity index (χ2v) is 4.18. The second kappa shape index (κ2) is 2.98. The van der Waals surface area contributed by atoms with E-state index < -0.39 is 0 Å². The van der Waals surface area contributed by atoms with Crippen LogP contribution in [0.5, 0.6) is 0 Å². The highest BCUT2D eigenvalue weighted by Gasteiger charge is 2.37. The number of hydrogen-bond donors (Lipinski definition) is 1. The molecule has 0 bridgehead atoms. The van der Waals surface area contributed by atoms with Crippen molar-refractivity contribution in [2.75, 3.05) is 5.32 Å². The van der Waals surface area contributed by atoms with Crippen molar-refractivity contribution in [1.29, 1.82) is 5.26 Å². The Hall–Kier alpha value is -1.56. The monoisotopic (exact) mass is 187 g/mol. The van der Waals surface area contributed by atoms with Crippen LogP contribution in [0.2, 0.25) is 0 Å². The third-order valence-corrected chi connectivity index (χ3v) is 2.51. The number of aromatic nitrogens is 1. The molecule has 1 N–H and O–H groups in total. The number of nitrogens with zero attached hydrogens (tertiary/aromatic N) is 2. The van der Waals surface area contributed by atoms with Gasteiger partial charge < -0.3 is 5.32 Å². The zero-order valence-electron chi connectivity index (χ0n) is 8.46. The molecular weight excluding hydrogens is 174 g/mol. The van der Waals surface area contributed by atoms with Crippen LogP contribution in [-0.4, -0.2) is 10.5 Å². The molecule has 3 heteroatoms. The molecule has 0 unspecified atom stereocenters. The molecular formula is C11H13N3. The molecule has 1 fully saturated rings. The van der Waals surface area contributed by atoms with Gasteiger partial charge in [0.05, 0.1) is 11.6 Å². The molecule has 1 heterocycles. The number of hydrogen-bond acceptors (Lipinski definition) is 3. The summed E-state index contributed by atoms with van der Waals surface area (Å²) in [7, 11) is 0. The van der Waals surface area contributed by atoms with E-state index in [4.69, 9.17) is 5.26 Å². The van der Waals surface area contributed by atoms with Gasteiger partial charge >= 0.3 is 0 Å². The number of anilines is 1. The van der Waals surface area contributed by atoms with Crippen LogP contribution in [0, 0.1) is 18.3 Å². The SMILES string of the molecule is Cc1cc(C#N)cc(NC2(C)CC2)n1. The van der Waals surface area contributed by atoms with Gasteiger partial charge in [0.2, 0.25) is 0 Å². The third-order valence-electron chi connectivity index (χ3n) is 2.51. The second-order valence-electron chi connectivity index (χ2n) is 4.18. The molecule has 1 aromatic rings. The molecule has 0 spiro atoms. The summed E-state index contributed by atoms with van der Waals surface area (Å²) in [4.78, 5) is 4.34. The maximum Gasteiger partial charge on any atom is 0.127 e. The highest BCUT2D eigenvalue weighted by Crippen LogP contribution is 2.37. The topological polar surface area (TPSA) is 48.7 Å². The van der Waals surface area contributed by atoms with Crippen LogP contribution in [0.15, 0.2) is 12.1 Å². The Morgan fingerprint density at radius 2 is 2.21 bits per heavy atom. The molecule has 72 valence electrons. The highest BCUT2D eigenvalue weighted by atomic mass is 15.1. The maximum atomic E-state index is 8.79. The summed E-state index contributed by atoms with van der Waals surface area (Å²) in [5.41, 5.74) is 1.77. The molecule has 0 atom stereocenters. The Bertz CT molecular complexity index is 399. The molecule has 0 aromatic carbocycles. The van der Waals surface area contributed by atoms with E-state index in [2.05, 4.69) is 23.3 Å². The van der Waals surface area contributed by atoms with E-state index in [-0.39, 0.29) is 5.54 Å². The Labute approximate surface area is 83.8 Å². The van der Waals surface area contributed by atoms with E-state index in [0.29, 0.717) is 5.56 Å². The molecule has 1 aliphatic rings. The van der Waals surface area contributed by atoms with Gasteiger partial charge in [-0.1, -0.05) is 0 Å². The van der Waals surface area contributed by atoms with Crippen molar-refractivity contribution in [1.82, 2.24) is 4.98 Å². The van der Waals surface area contributed by atoms with Crippen molar-refractivity contribution in [3.8, 4) is 6.07 Å². The standard InChI is InChI=1S/C11H13N3/c1-8-5-9(7-12)6-10(13-8)14-11(2)3-4-11/h5-6H,3-4H2,1-2H3,(H,13,14). The van der Waals surface area contributed by atoms with Crippen molar-refractivity contribution in [2.24, 2.45) is 0 Å². The molecule has 0 radical (unpaired) electrons. The zero-order chi connectivity index (χ0) is 10.2. The van der Waals surface area contributed by atoms with Gasteiger partial charge in [-0.3, -0.25) is 0 Å². The smallest absolute Gasteiger partial charge is 0.127 e. The molecule has 14 heavy (non-hydrogen) atoms. The van der Waals surface area contributed by atoms with Crippen LogP contribution in [0.3, 0.4) is 0 Å². The van der Waals surface area contributed by atoms with E-state index in [9.17, 15) is 0 Å². The fourth-order valence-corrected chi connectivity index (χ4v) is 1.42. The fourth-order valence-electron chi connectivity index (χ4n) is 1.42. The molecule has 0 aliphatic heterocycles. The van der Waals surface area contributed by atoms with Crippen molar-refractivity contribution < 1.29 is 0 Å². The average molecular weight is 187 g/mol. The zero-order valence-corrected chi connectivity index (χ0v) is 8.46. The molecule has 0 saturated heterocycles. The van der Waals surface area contributed by atoms with Gasteiger partial charge in [-0.15, -0.1) is 0 Å². The van der Waals surface area contributed by atoms with Gasteiger partial charge in [0.1, 0.15) is 5.82 Å². The van der Waals surface area contributed by atoms with E-state index in [1.807, 2.05) is 6.92 Å². The lowest BCUT2D eigenvalue weighted by molar-refractivity contribution is 0.819. The van der Waals surface area contributed by atoms with Crippen LogP contribution in [0.1, 0.15) is 31.0 Å². The van der Waals surface area contributed by atoms with Crippen molar-refractivity contribution >= 4 is 5.82 Å². The number of nitrogens with one attached hydrogen (secondary N) is 1. The van der Waals surface area contributed by atoms with Gasteiger partial charge in [0.25, 0.3) is 0 Å². The van der Waals surface area contributed by atoms with Gasteiger partial charge in [0.15, 0.2) is 0 Å². The largest absolute Gasteiger partial charge is 0.365 e. The highest BCUT2D eigenvalue weighted by molar-refractivity contribution is 5.47. The van der Waals surface area contributed by atoms with Gasteiger partial charge in [-0.2, -0.15) is 5.26 Å². The third kappa shape index (κ3) is 1.85. The minimum atomic E-state index is 0.216. The Morgan fingerprint density at radius 3 is 2.79 bits per heavy atom. The average Bonchev–Trinajstić information content (AvgIpc) is 2.82. The molecule has 1 aliphatic carbocycles. The van der Waals surface area contributed by atoms with Crippen LogP contribution < -0.4 is 5.32 Å². The Morgan fingerprint density at radius 1 is 1.50 bits per heavy atom. The lowest BCUT2D eigenvalue weighted by atomic mass is 10.2. The summed E-state index contributed by atoms with van der Waals surface area (Å²) < 4.78 is 0. The van der Waals surface area contributed by atoms with Crippen molar-refractivity contribution in [2.45, 2.75) is 32.2 Å². The summed E-state index contributed by atoms with van der Waals surface area (Å²) in [6, 6.07) is 5.73. The number of nitriles is 1. The van der Waals surface area contributed by atoms with E-state index in [1.54, 1.807) is 12.1 Å². The molecule has 2 rings (SSSR count). The van der Waals surface area contributed by atoms with Gasteiger partial charge in [-0.05, 0) is 38.8 Å². The molecule has 0 amide bonds.